The zero-order chi connectivity index (χ0) is 17.5. The third-order valence-corrected chi connectivity index (χ3v) is 4.74. The summed E-state index contributed by atoms with van der Waals surface area (Å²) in [5.74, 6) is 1.72. The Morgan fingerprint density at radius 3 is 2.75 bits per heavy atom. The van der Waals surface area contributed by atoms with Gasteiger partial charge in [-0.25, -0.2) is 9.78 Å². The molecule has 0 unspecified atom stereocenters. The van der Waals surface area contributed by atoms with Gasteiger partial charge in [-0.15, -0.1) is 0 Å². The fourth-order valence-electron chi connectivity index (χ4n) is 3.16. The van der Waals surface area contributed by atoms with Crippen molar-refractivity contribution in [2.24, 2.45) is 11.8 Å². The van der Waals surface area contributed by atoms with Crippen LogP contribution in [0.2, 0.25) is 0 Å². The second kappa shape index (κ2) is 8.87. The first-order valence-corrected chi connectivity index (χ1v) is 8.79. The smallest absolute Gasteiger partial charge is 0.319 e. The third-order valence-electron chi connectivity index (χ3n) is 4.74. The summed E-state index contributed by atoms with van der Waals surface area (Å²) in [4.78, 5) is 18.8. The van der Waals surface area contributed by atoms with Gasteiger partial charge in [-0.05, 0) is 49.9 Å². The summed E-state index contributed by atoms with van der Waals surface area (Å²) in [6.07, 6.45) is 4.11. The average molecular weight is 334 g/mol. The number of ether oxygens (including phenoxy) is 1. The molecule has 134 valence electrons. The van der Waals surface area contributed by atoms with Crippen LogP contribution in [0.1, 0.15) is 33.6 Å². The number of hydrogen-bond acceptors (Lipinski definition) is 4. The maximum Gasteiger partial charge on any atom is 0.319 e. The van der Waals surface area contributed by atoms with Crippen molar-refractivity contribution in [2.45, 2.75) is 39.7 Å². The summed E-state index contributed by atoms with van der Waals surface area (Å²) < 4.78 is 5.15. The highest BCUT2D eigenvalue weighted by molar-refractivity contribution is 5.90. The second-order valence-corrected chi connectivity index (χ2v) is 6.93. The van der Waals surface area contributed by atoms with Crippen molar-refractivity contribution in [1.29, 1.82) is 0 Å². The van der Waals surface area contributed by atoms with E-state index in [0.29, 0.717) is 30.1 Å². The first kappa shape index (κ1) is 18.5. The summed E-state index contributed by atoms with van der Waals surface area (Å²) in [6.45, 7) is 9.61. The zero-order valence-corrected chi connectivity index (χ0v) is 15.2. The van der Waals surface area contributed by atoms with Crippen LogP contribution >= 0.6 is 0 Å². The number of nitrogens with zero attached hydrogens (tertiary/aromatic N) is 2. The van der Waals surface area contributed by atoms with Crippen LogP contribution in [0.25, 0.3) is 0 Å². The number of pyridine rings is 1. The first-order chi connectivity index (χ1) is 11.5. The predicted octanol–water partition coefficient (Wildman–Crippen LogP) is 2.97. The molecule has 1 saturated heterocycles. The molecule has 2 amide bonds. The molecule has 1 fully saturated rings. The van der Waals surface area contributed by atoms with Gasteiger partial charge in [0.25, 0.3) is 0 Å². The molecule has 1 aromatic rings. The fraction of sp³-hybridized carbons (Fsp3) is 0.667. The monoisotopic (exact) mass is 334 g/mol. The molecular weight excluding hydrogens is 304 g/mol. The Balaban J connectivity index is 1.88. The molecule has 0 bridgehead atoms. The minimum Gasteiger partial charge on any atom is -0.480 e. The summed E-state index contributed by atoms with van der Waals surface area (Å²) >= 11 is 0. The fourth-order valence-corrected chi connectivity index (χ4v) is 3.16. The van der Waals surface area contributed by atoms with Crippen LogP contribution in [0.5, 0.6) is 5.88 Å². The number of likely N-dealkylation sites (tertiary alicyclic amines) is 1. The lowest BCUT2D eigenvalue weighted by molar-refractivity contribution is 0.108. The Bertz CT molecular complexity index is 528. The Hall–Kier alpha value is -1.82. The van der Waals surface area contributed by atoms with Crippen molar-refractivity contribution in [1.82, 2.24) is 15.2 Å². The SMILES string of the molecule is COc1ncccc1NC(=O)NC[C@@H](C(C)C)N1CCC(C)CC1. The standard InChI is InChI=1S/C18H30N4O2/c1-13(2)16(22-10-7-14(3)8-11-22)12-20-18(23)21-15-6-5-9-19-17(15)24-4/h5-6,9,13-14,16H,7-8,10-12H2,1-4H3,(H2,20,21,23)/t16-/m0/s1. The van der Waals surface area contributed by atoms with E-state index in [1.54, 1.807) is 18.3 Å². The molecule has 0 radical (unpaired) electrons. The minimum atomic E-state index is -0.225. The molecule has 1 aromatic heterocycles. The topological polar surface area (TPSA) is 66.5 Å². The molecule has 0 spiro atoms. The number of amides is 2. The Morgan fingerprint density at radius 1 is 1.42 bits per heavy atom. The Morgan fingerprint density at radius 2 is 2.12 bits per heavy atom. The van der Waals surface area contributed by atoms with E-state index in [4.69, 9.17) is 4.74 Å². The molecule has 6 heteroatoms. The van der Waals surface area contributed by atoms with Crippen molar-refractivity contribution in [3.63, 3.8) is 0 Å². The Kier molecular flexibility index (Phi) is 6.85. The molecule has 0 saturated carbocycles. The van der Waals surface area contributed by atoms with E-state index in [1.165, 1.54) is 20.0 Å². The van der Waals surface area contributed by atoms with Crippen LogP contribution in [-0.4, -0.2) is 48.7 Å². The van der Waals surface area contributed by atoms with Gasteiger partial charge < -0.3 is 15.4 Å². The number of carbonyl (C=O) groups is 1. The van der Waals surface area contributed by atoms with E-state index in [-0.39, 0.29) is 6.03 Å². The van der Waals surface area contributed by atoms with Gasteiger partial charge in [-0.3, -0.25) is 4.90 Å². The molecule has 6 nitrogen and oxygen atoms in total. The highest BCUT2D eigenvalue weighted by atomic mass is 16.5. The van der Waals surface area contributed by atoms with Gasteiger partial charge in [0.15, 0.2) is 0 Å². The van der Waals surface area contributed by atoms with E-state index in [1.807, 2.05) is 0 Å². The molecule has 2 rings (SSSR count). The summed E-state index contributed by atoms with van der Waals surface area (Å²) in [5, 5.41) is 5.81. The summed E-state index contributed by atoms with van der Waals surface area (Å²) in [5.41, 5.74) is 0.574. The molecule has 2 heterocycles. The summed E-state index contributed by atoms with van der Waals surface area (Å²) in [7, 11) is 1.54. The van der Waals surface area contributed by atoms with E-state index >= 15 is 0 Å². The van der Waals surface area contributed by atoms with Gasteiger partial charge in [0.1, 0.15) is 5.69 Å². The van der Waals surface area contributed by atoms with E-state index in [9.17, 15) is 4.79 Å². The second-order valence-electron chi connectivity index (χ2n) is 6.93. The van der Waals surface area contributed by atoms with Gasteiger partial charge in [0.2, 0.25) is 5.88 Å². The summed E-state index contributed by atoms with van der Waals surface area (Å²) in [6, 6.07) is 3.68. The van der Waals surface area contributed by atoms with Crippen LogP contribution in [0.3, 0.4) is 0 Å². The Labute approximate surface area is 145 Å². The van der Waals surface area contributed by atoms with Gasteiger partial charge in [0, 0.05) is 18.8 Å². The lowest BCUT2D eigenvalue weighted by Crippen LogP contribution is -2.50. The van der Waals surface area contributed by atoms with Crippen LogP contribution in [0.15, 0.2) is 18.3 Å². The van der Waals surface area contributed by atoms with E-state index < -0.39 is 0 Å². The number of nitrogens with one attached hydrogen (secondary N) is 2. The predicted molar refractivity (Wildman–Crippen MR) is 96.4 cm³/mol. The van der Waals surface area contributed by atoms with E-state index in [0.717, 1.165) is 19.0 Å². The lowest BCUT2D eigenvalue weighted by atomic mass is 9.94. The van der Waals surface area contributed by atoms with Crippen molar-refractivity contribution in [2.75, 3.05) is 32.1 Å². The quantitative estimate of drug-likeness (QED) is 0.839. The highest BCUT2D eigenvalue weighted by Gasteiger charge is 2.26. The van der Waals surface area contributed by atoms with Gasteiger partial charge >= 0.3 is 6.03 Å². The number of urea groups is 1. The van der Waals surface area contributed by atoms with Gasteiger partial charge in [-0.1, -0.05) is 20.8 Å². The number of piperidine rings is 1. The third kappa shape index (κ3) is 5.09. The number of methoxy groups -OCH3 is 1. The molecule has 1 atom stereocenters. The molecule has 0 aromatic carbocycles. The first-order valence-electron chi connectivity index (χ1n) is 8.79. The maximum absolute atomic E-state index is 12.2. The van der Waals surface area contributed by atoms with E-state index in [2.05, 4.69) is 41.3 Å². The number of rotatable bonds is 6. The molecule has 24 heavy (non-hydrogen) atoms. The van der Waals surface area contributed by atoms with Crippen LogP contribution in [0, 0.1) is 11.8 Å². The number of anilines is 1. The lowest BCUT2D eigenvalue weighted by Gasteiger charge is -2.38. The molecular formula is C18H30N4O2. The molecule has 1 aliphatic rings. The van der Waals surface area contributed by atoms with Gasteiger partial charge in [-0.2, -0.15) is 0 Å². The highest BCUT2D eigenvalue weighted by Crippen LogP contribution is 2.22. The number of hydrogen-bond donors (Lipinski definition) is 2. The average Bonchev–Trinajstić information content (AvgIpc) is 2.57. The van der Waals surface area contributed by atoms with Crippen LogP contribution in [-0.2, 0) is 0 Å². The largest absolute Gasteiger partial charge is 0.480 e. The molecule has 0 aliphatic carbocycles. The molecule has 2 N–H and O–H groups in total. The number of carbonyl (C=O) groups excluding carboxylic acids is 1. The number of aromatic nitrogens is 1. The van der Waals surface area contributed by atoms with Crippen molar-refractivity contribution in [3.8, 4) is 5.88 Å². The van der Waals surface area contributed by atoms with Crippen LogP contribution in [0.4, 0.5) is 10.5 Å². The van der Waals surface area contributed by atoms with Crippen molar-refractivity contribution in [3.05, 3.63) is 18.3 Å². The van der Waals surface area contributed by atoms with Gasteiger partial charge in [0.05, 0.1) is 7.11 Å². The zero-order valence-electron chi connectivity index (χ0n) is 15.2. The minimum absolute atomic E-state index is 0.225. The van der Waals surface area contributed by atoms with Crippen molar-refractivity contribution < 1.29 is 9.53 Å². The normalized spacial score (nSPS) is 17.5. The van der Waals surface area contributed by atoms with Crippen molar-refractivity contribution >= 4 is 11.7 Å². The molecule has 1 aliphatic heterocycles. The maximum atomic E-state index is 12.2. The van der Waals surface area contributed by atoms with Crippen LogP contribution < -0.4 is 15.4 Å².